The largest absolute Gasteiger partial charge is 0.387 e. The lowest BCUT2D eigenvalue weighted by Crippen LogP contribution is -2.34. The van der Waals surface area contributed by atoms with E-state index in [-0.39, 0.29) is 17.1 Å². The zero-order valence-corrected chi connectivity index (χ0v) is 18.0. The van der Waals surface area contributed by atoms with Crippen LogP contribution in [0, 0.1) is 0 Å². The predicted octanol–water partition coefficient (Wildman–Crippen LogP) is -1.94. The number of aliphatic hydroxyl groups excluding tert-OH is 1. The average molecular weight is 505 g/mol. The molecule has 6 unspecified atom stereocenters. The Labute approximate surface area is 172 Å². The number of rotatable bonds is 8. The lowest BCUT2D eigenvalue weighted by molar-refractivity contribution is -0.0458. The molecule has 0 saturated carbocycles. The molecule has 1 aliphatic heterocycles. The summed E-state index contributed by atoms with van der Waals surface area (Å²) in [7, 11) is -13.3. The van der Waals surface area contributed by atoms with Gasteiger partial charge in [-0.15, -0.1) is 0 Å². The summed E-state index contributed by atoms with van der Waals surface area (Å²) in [6.07, 6.45) is -5.00. The van der Waals surface area contributed by atoms with Crippen molar-refractivity contribution in [1.82, 2.24) is 19.5 Å². The molecule has 1 aliphatic rings. The number of anilines is 1. The monoisotopic (exact) mass is 505 g/mol. The van der Waals surface area contributed by atoms with Crippen LogP contribution in [-0.2, 0) is 27.5 Å². The number of aromatic amines is 1. The molecule has 0 aromatic carbocycles. The molecule has 8 N–H and O–H groups in total. The van der Waals surface area contributed by atoms with Gasteiger partial charge in [0.05, 0.1) is 12.9 Å². The lowest BCUT2D eigenvalue weighted by Gasteiger charge is -2.20. The second kappa shape index (κ2) is 8.81. The summed E-state index contributed by atoms with van der Waals surface area (Å²) < 4.78 is 50.1. The van der Waals surface area contributed by atoms with Crippen molar-refractivity contribution in [2.75, 3.05) is 18.2 Å². The van der Waals surface area contributed by atoms with E-state index in [4.69, 9.17) is 29.7 Å². The Hall–Kier alpha value is -1.48. The number of ether oxygens (including phenoxy) is 1. The molecule has 1 saturated heterocycles. The van der Waals surface area contributed by atoms with Gasteiger partial charge in [-0.1, -0.05) is 0 Å². The molecule has 1 fully saturated rings. The third kappa shape index (κ3) is 5.66. The number of fused-ring (bicyclic) bond motifs is 1. The van der Waals surface area contributed by atoms with Gasteiger partial charge in [-0.05, 0) is 0 Å². The van der Waals surface area contributed by atoms with E-state index in [1.807, 2.05) is 0 Å². The Morgan fingerprint density at radius 2 is 2.03 bits per heavy atom. The highest BCUT2D eigenvalue weighted by molar-refractivity contribution is 7.70. The summed E-state index contributed by atoms with van der Waals surface area (Å²) in [5.74, 6) is -1.74. The van der Waals surface area contributed by atoms with Crippen LogP contribution in [0.2, 0.25) is 0 Å². The van der Waals surface area contributed by atoms with Crippen LogP contribution in [-0.4, -0.2) is 75.0 Å². The minimum atomic E-state index is -4.88. The molecule has 0 amide bonds. The lowest BCUT2D eigenvalue weighted by atomic mass is 10.1. The van der Waals surface area contributed by atoms with Gasteiger partial charge in [0.1, 0.15) is 18.3 Å². The van der Waals surface area contributed by atoms with Crippen molar-refractivity contribution in [2.24, 2.45) is 0 Å². The number of hydrogen-bond donors (Lipinski definition) is 7. The third-order valence-electron chi connectivity index (χ3n) is 4.08. The highest BCUT2D eigenvalue weighted by atomic mass is 31.2. The molecule has 6 atom stereocenters. The van der Waals surface area contributed by atoms with Crippen LogP contribution in [0.1, 0.15) is 6.23 Å². The van der Waals surface area contributed by atoms with Crippen LogP contribution >= 0.6 is 23.4 Å². The van der Waals surface area contributed by atoms with Gasteiger partial charge in [0.15, 0.2) is 23.3 Å². The second-order valence-electron chi connectivity index (χ2n) is 6.42. The molecule has 0 radical (unpaired) electrons. The van der Waals surface area contributed by atoms with Gasteiger partial charge < -0.3 is 39.7 Å². The molecular weight excluding hydrogens is 487 g/mol. The molecule has 3 rings (SSSR count). The molecule has 31 heavy (non-hydrogen) atoms. The molecule has 3 heterocycles. The standard InChI is InChI=1S/C11H18N5O12P3/c12-11-14-8-5(9(18)15-11)13-2-16(8)10-7(28-29(19)20)6(17)4(27-10)1-26-31(24,25)3-30(21,22)23/h2,4,6-7,10,17,29H,1,3H2,(H,19,20)(H,24,25)(H2,21,22,23)(H3,12,14,15,18). The number of imidazole rings is 1. The van der Waals surface area contributed by atoms with Crippen molar-refractivity contribution in [2.45, 2.75) is 24.5 Å². The average Bonchev–Trinajstić information content (AvgIpc) is 3.13. The second-order valence-corrected chi connectivity index (χ2v) is 11.2. The van der Waals surface area contributed by atoms with Crippen molar-refractivity contribution >= 4 is 40.6 Å². The van der Waals surface area contributed by atoms with Crippen molar-refractivity contribution in [3.05, 3.63) is 16.7 Å². The number of H-pyrrole nitrogens is 1. The van der Waals surface area contributed by atoms with Crippen molar-refractivity contribution in [1.29, 1.82) is 0 Å². The van der Waals surface area contributed by atoms with Gasteiger partial charge in [0, 0.05) is 0 Å². The summed E-state index contributed by atoms with van der Waals surface area (Å²) in [5, 5.41) is 10.4. The fourth-order valence-corrected chi connectivity index (χ4v) is 5.97. The van der Waals surface area contributed by atoms with Gasteiger partial charge in [-0.25, -0.2) is 4.98 Å². The van der Waals surface area contributed by atoms with Gasteiger partial charge in [0.2, 0.25) is 5.95 Å². The maximum absolute atomic E-state index is 11.9. The number of nitrogen functional groups attached to an aromatic ring is 1. The summed E-state index contributed by atoms with van der Waals surface area (Å²) >= 11 is 0. The molecule has 0 spiro atoms. The molecule has 17 nitrogen and oxygen atoms in total. The zero-order chi connectivity index (χ0) is 23.1. The molecule has 0 aliphatic carbocycles. The summed E-state index contributed by atoms with van der Waals surface area (Å²) in [4.78, 5) is 58.3. The number of nitrogens with one attached hydrogen (secondary N) is 1. The van der Waals surface area contributed by atoms with Gasteiger partial charge in [-0.3, -0.25) is 32.6 Å². The van der Waals surface area contributed by atoms with Crippen molar-refractivity contribution < 1.29 is 52.2 Å². The Morgan fingerprint density at radius 3 is 2.65 bits per heavy atom. The van der Waals surface area contributed by atoms with E-state index in [9.17, 15) is 28.5 Å². The summed E-state index contributed by atoms with van der Waals surface area (Å²) in [6.45, 7) is -0.833. The first-order valence-electron chi connectivity index (χ1n) is 8.24. The quantitative estimate of drug-likeness (QED) is 0.192. The Kier molecular flexibility index (Phi) is 6.87. The molecular formula is C11H18N5O12P3. The van der Waals surface area contributed by atoms with Gasteiger partial charge in [-0.2, -0.15) is 4.98 Å². The van der Waals surface area contributed by atoms with Crippen LogP contribution in [0.5, 0.6) is 0 Å². The van der Waals surface area contributed by atoms with Crippen LogP contribution in [0.25, 0.3) is 11.2 Å². The highest BCUT2D eigenvalue weighted by Gasteiger charge is 2.48. The molecule has 20 heteroatoms. The topological polar surface area (TPSA) is 270 Å². The minimum absolute atomic E-state index is 0.111. The summed E-state index contributed by atoms with van der Waals surface area (Å²) in [6, 6.07) is 0. The number of aliphatic hydroxyl groups is 1. The number of aromatic nitrogens is 4. The van der Waals surface area contributed by atoms with E-state index >= 15 is 0 Å². The Bertz CT molecular complexity index is 1140. The molecule has 2 aromatic rings. The SMILES string of the molecule is Nc1nc2c(ncn2C2OC(COP(=O)(O)CP(=O)(O)O)C(O)C2O[PH](=O)O)c(=O)[nH]1. The fourth-order valence-electron chi connectivity index (χ4n) is 2.92. The van der Waals surface area contributed by atoms with E-state index in [2.05, 4.69) is 19.5 Å². The van der Waals surface area contributed by atoms with Crippen LogP contribution in [0.3, 0.4) is 0 Å². The Balaban J connectivity index is 1.89. The molecule has 174 valence electrons. The van der Waals surface area contributed by atoms with Crippen LogP contribution in [0.4, 0.5) is 5.95 Å². The van der Waals surface area contributed by atoms with Gasteiger partial charge in [0.25, 0.3) is 5.56 Å². The van der Waals surface area contributed by atoms with E-state index < -0.39 is 66.1 Å². The molecule has 0 bridgehead atoms. The highest BCUT2D eigenvalue weighted by Crippen LogP contribution is 2.55. The first-order chi connectivity index (χ1) is 14.3. The van der Waals surface area contributed by atoms with Crippen molar-refractivity contribution in [3.8, 4) is 0 Å². The maximum atomic E-state index is 11.9. The fraction of sp³-hybridized carbons (Fsp3) is 0.545. The van der Waals surface area contributed by atoms with Crippen molar-refractivity contribution in [3.63, 3.8) is 0 Å². The third-order valence-corrected chi connectivity index (χ3v) is 8.01. The van der Waals surface area contributed by atoms with Gasteiger partial charge >= 0.3 is 23.4 Å². The predicted molar refractivity (Wildman–Crippen MR) is 101 cm³/mol. The van der Waals surface area contributed by atoms with Crippen LogP contribution < -0.4 is 11.3 Å². The van der Waals surface area contributed by atoms with E-state index in [0.717, 1.165) is 10.9 Å². The zero-order valence-electron chi connectivity index (χ0n) is 15.2. The Morgan fingerprint density at radius 1 is 1.35 bits per heavy atom. The maximum Gasteiger partial charge on any atom is 0.340 e. The first-order valence-corrected chi connectivity index (χ1v) is 13.1. The first kappa shape index (κ1) is 24.2. The number of nitrogens with zero attached hydrogens (tertiary/aromatic N) is 3. The number of nitrogens with two attached hydrogens (primary N) is 1. The van der Waals surface area contributed by atoms with E-state index in [1.165, 1.54) is 0 Å². The smallest absolute Gasteiger partial charge is 0.340 e. The normalized spacial score (nSPS) is 27.4. The number of hydrogen-bond acceptors (Lipinski definition) is 11. The van der Waals surface area contributed by atoms with E-state index in [1.54, 1.807) is 0 Å². The molecule has 2 aromatic heterocycles. The van der Waals surface area contributed by atoms with Crippen LogP contribution in [0.15, 0.2) is 11.1 Å². The van der Waals surface area contributed by atoms with E-state index in [0.29, 0.717) is 0 Å². The summed E-state index contributed by atoms with van der Waals surface area (Å²) in [5.41, 5.74) is 4.55. The minimum Gasteiger partial charge on any atom is -0.387 e.